The SMILES string of the molecule is CCCCOP(=O)(OCCCC)C(Nc1ccc(S(=O)(=O)Nc2cc(C)on2)cc1)c1cc(O)c2c(c1)C(=O)c1cccc(O)c1C2=O. The number of carbonyl (C=O) groups is 2. The van der Waals surface area contributed by atoms with Crippen molar-refractivity contribution in [2.24, 2.45) is 0 Å². The third kappa shape index (κ3) is 7.16. The van der Waals surface area contributed by atoms with E-state index in [1.165, 1.54) is 60.7 Å². The van der Waals surface area contributed by atoms with Crippen LogP contribution < -0.4 is 10.0 Å². The van der Waals surface area contributed by atoms with Gasteiger partial charge in [0.05, 0.1) is 29.2 Å². The summed E-state index contributed by atoms with van der Waals surface area (Å²) in [7, 11) is -8.17. The smallest absolute Gasteiger partial charge is 0.357 e. The normalized spacial score (nSPS) is 13.6. The van der Waals surface area contributed by atoms with Gasteiger partial charge in [-0.25, -0.2) is 8.42 Å². The third-order valence-electron chi connectivity index (χ3n) is 7.63. The number of hydrogen-bond acceptors (Lipinski definition) is 12. The number of phenolic OH excluding ortho intramolecular Hbond substituents is 2. The van der Waals surface area contributed by atoms with Gasteiger partial charge in [0.25, 0.3) is 10.0 Å². The number of nitrogens with one attached hydrogen (secondary N) is 2. The first kappa shape index (κ1) is 34.8. The summed E-state index contributed by atoms with van der Waals surface area (Å²) in [5.41, 5.74) is -0.274. The lowest BCUT2D eigenvalue weighted by Crippen LogP contribution is -2.23. The summed E-state index contributed by atoms with van der Waals surface area (Å²) in [4.78, 5) is 26.9. The highest BCUT2D eigenvalue weighted by atomic mass is 32.2. The van der Waals surface area contributed by atoms with Crippen LogP contribution in [-0.2, 0) is 23.6 Å². The second-order valence-electron chi connectivity index (χ2n) is 11.2. The number of rotatable bonds is 15. The minimum Gasteiger partial charge on any atom is -0.507 e. The molecule has 0 saturated heterocycles. The summed E-state index contributed by atoms with van der Waals surface area (Å²) < 4.78 is 59.7. The molecule has 1 unspecified atom stereocenters. The van der Waals surface area contributed by atoms with Crippen molar-refractivity contribution in [2.45, 2.75) is 57.1 Å². The molecule has 13 nitrogen and oxygen atoms in total. The maximum absolute atomic E-state index is 14.7. The van der Waals surface area contributed by atoms with Crippen molar-refractivity contribution < 1.29 is 46.4 Å². The first-order valence-electron chi connectivity index (χ1n) is 15.4. The number of hydrogen-bond donors (Lipinski definition) is 4. The Kier molecular flexibility index (Phi) is 10.4. The standard InChI is InChI=1S/C33H36N3O10PS/c1-4-6-15-44-47(41,45-16-7-5-2)33(34-22-11-13-23(14-12-22)48(42,43)36-28-17-20(3)46-35-28)21-18-25-30(27(38)19-21)32(40)29-24(31(25)39)9-8-10-26(29)37/h8-14,17-19,33-34,37-38H,4-7,15-16H2,1-3H3,(H,35,36). The zero-order valence-corrected chi connectivity index (χ0v) is 28.3. The number of ketones is 2. The quantitative estimate of drug-likeness (QED) is 0.0653. The topological polar surface area (TPSA) is 194 Å². The van der Waals surface area contributed by atoms with E-state index in [2.05, 4.69) is 15.2 Å². The van der Waals surface area contributed by atoms with Gasteiger partial charge in [-0.3, -0.25) is 18.9 Å². The molecule has 1 aliphatic rings. The van der Waals surface area contributed by atoms with Gasteiger partial charge in [0.2, 0.25) is 5.78 Å². The Morgan fingerprint density at radius 1 is 0.875 bits per heavy atom. The highest BCUT2D eigenvalue weighted by molar-refractivity contribution is 7.92. The molecule has 4 aromatic rings. The van der Waals surface area contributed by atoms with E-state index in [-0.39, 0.29) is 51.7 Å². The van der Waals surface area contributed by atoms with Crippen molar-refractivity contribution in [2.75, 3.05) is 23.3 Å². The number of benzene rings is 3. The lowest BCUT2D eigenvalue weighted by molar-refractivity contribution is 0.0974. The zero-order chi connectivity index (χ0) is 34.6. The Bertz CT molecular complexity index is 1980. The molecule has 3 aromatic carbocycles. The van der Waals surface area contributed by atoms with E-state index in [9.17, 15) is 32.8 Å². The Balaban J connectivity index is 1.56. The maximum atomic E-state index is 14.7. The lowest BCUT2D eigenvalue weighted by Gasteiger charge is -2.30. The van der Waals surface area contributed by atoms with Crippen molar-refractivity contribution in [1.82, 2.24) is 5.16 Å². The molecule has 1 aliphatic carbocycles. The van der Waals surface area contributed by atoms with Crippen molar-refractivity contribution >= 4 is 40.7 Å². The molecule has 0 amide bonds. The molecule has 1 aromatic heterocycles. The van der Waals surface area contributed by atoms with Gasteiger partial charge in [0, 0.05) is 22.9 Å². The molecule has 0 spiro atoms. The van der Waals surface area contributed by atoms with Crippen LogP contribution in [0, 0.1) is 6.92 Å². The van der Waals surface area contributed by atoms with Crippen LogP contribution in [0.5, 0.6) is 11.5 Å². The average molecular weight is 698 g/mol. The zero-order valence-electron chi connectivity index (χ0n) is 26.6. The van der Waals surface area contributed by atoms with Crippen LogP contribution in [0.1, 0.15) is 88.5 Å². The molecular formula is C33H36N3O10PS. The number of fused-ring (bicyclic) bond motifs is 2. The third-order valence-corrected chi connectivity index (χ3v) is 11.1. The Hall–Kier alpha value is -4.49. The molecule has 5 rings (SSSR count). The van der Waals surface area contributed by atoms with Gasteiger partial charge in [0.1, 0.15) is 17.3 Å². The lowest BCUT2D eigenvalue weighted by atomic mass is 9.82. The number of anilines is 2. The average Bonchev–Trinajstić information content (AvgIpc) is 3.45. The van der Waals surface area contributed by atoms with Gasteiger partial charge in [-0.2, -0.15) is 0 Å². The first-order chi connectivity index (χ1) is 22.9. The van der Waals surface area contributed by atoms with E-state index >= 15 is 0 Å². The first-order valence-corrected chi connectivity index (χ1v) is 18.5. The van der Waals surface area contributed by atoms with Crippen LogP contribution >= 0.6 is 7.60 Å². The van der Waals surface area contributed by atoms with E-state index < -0.39 is 46.5 Å². The van der Waals surface area contributed by atoms with Gasteiger partial charge in [-0.05, 0) is 67.8 Å². The van der Waals surface area contributed by atoms with Gasteiger partial charge in [-0.15, -0.1) is 0 Å². The maximum Gasteiger partial charge on any atom is 0.357 e. The highest BCUT2D eigenvalue weighted by Crippen LogP contribution is 2.61. The molecule has 0 saturated carbocycles. The minimum absolute atomic E-state index is 0.0160. The fraction of sp³-hybridized carbons (Fsp3) is 0.303. The summed E-state index contributed by atoms with van der Waals surface area (Å²) in [5.74, 6) is -3.19. The van der Waals surface area contributed by atoms with Crippen molar-refractivity contribution in [3.8, 4) is 11.5 Å². The largest absolute Gasteiger partial charge is 0.507 e. The fourth-order valence-electron chi connectivity index (χ4n) is 5.16. The summed E-state index contributed by atoms with van der Waals surface area (Å²) in [6, 6.07) is 13.6. The monoisotopic (exact) mass is 697 g/mol. The van der Waals surface area contributed by atoms with Crippen LogP contribution in [-0.4, -0.2) is 48.6 Å². The van der Waals surface area contributed by atoms with Crippen LogP contribution in [0.25, 0.3) is 0 Å². The molecule has 254 valence electrons. The molecular weight excluding hydrogens is 661 g/mol. The molecule has 0 bridgehead atoms. The number of aromatic nitrogens is 1. The number of nitrogens with zero attached hydrogens (tertiary/aromatic N) is 1. The Morgan fingerprint density at radius 3 is 2.12 bits per heavy atom. The Labute approximate surface area is 277 Å². The van der Waals surface area contributed by atoms with E-state index in [0.717, 1.165) is 12.8 Å². The molecule has 48 heavy (non-hydrogen) atoms. The molecule has 0 aliphatic heterocycles. The van der Waals surface area contributed by atoms with Crippen molar-refractivity contribution in [3.63, 3.8) is 0 Å². The molecule has 15 heteroatoms. The number of phenols is 2. The van der Waals surface area contributed by atoms with Crippen LogP contribution in [0.4, 0.5) is 11.5 Å². The number of sulfonamides is 1. The second-order valence-corrected chi connectivity index (χ2v) is 15.0. The Morgan fingerprint density at radius 2 is 1.52 bits per heavy atom. The van der Waals surface area contributed by atoms with Gasteiger partial charge in [0.15, 0.2) is 17.4 Å². The van der Waals surface area contributed by atoms with Gasteiger partial charge in [-0.1, -0.05) is 44.0 Å². The fourth-order valence-corrected chi connectivity index (χ4v) is 8.11. The second kappa shape index (κ2) is 14.3. The van der Waals surface area contributed by atoms with Gasteiger partial charge < -0.3 is 29.1 Å². The van der Waals surface area contributed by atoms with Crippen LogP contribution in [0.2, 0.25) is 0 Å². The number of unbranched alkanes of at least 4 members (excludes halogenated alkanes) is 2. The number of aryl methyl sites for hydroxylation is 1. The van der Waals surface area contributed by atoms with E-state index in [0.29, 0.717) is 24.3 Å². The van der Waals surface area contributed by atoms with E-state index in [4.69, 9.17) is 13.6 Å². The number of carbonyl (C=O) groups excluding carboxylic acids is 2. The van der Waals surface area contributed by atoms with E-state index in [1.54, 1.807) is 6.92 Å². The molecule has 1 atom stereocenters. The summed E-state index contributed by atoms with van der Waals surface area (Å²) >= 11 is 0. The van der Waals surface area contributed by atoms with Crippen molar-refractivity contribution in [1.29, 1.82) is 0 Å². The molecule has 0 radical (unpaired) electrons. The predicted octanol–water partition coefficient (Wildman–Crippen LogP) is 6.91. The molecule has 0 fully saturated rings. The predicted molar refractivity (Wildman–Crippen MR) is 177 cm³/mol. The van der Waals surface area contributed by atoms with E-state index in [1.807, 2.05) is 13.8 Å². The molecule has 4 N–H and O–H groups in total. The van der Waals surface area contributed by atoms with Crippen molar-refractivity contribution in [3.05, 3.63) is 94.2 Å². The highest BCUT2D eigenvalue weighted by Gasteiger charge is 2.41. The van der Waals surface area contributed by atoms with Crippen LogP contribution in [0.3, 0.4) is 0 Å². The number of aromatic hydroxyl groups is 2. The summed E-state index contributed by atoms with van der Waals surface area (Å²) in [5, 5.41) is 28.3. The van der Waals surface area contributed by atoms with Gasteiger partial charge >= 0.3 is 7.60 Å². The summed E-state index contributed by atoms with van der Waals surface area (Å²) in [6.45, 7) is 5.68. The van der Waals surface area contributed by atoms with Crippen LogP contribution in [0.15, 0.2) is 70.1 Å². The summed E-state index contributed by atoms with van der Waals surface area (Å²) in [6.07, 6.45) is 2.63. The molecule has 1 heterocycles. The minimum atomic E-state index is -4.14.